The Morgan fingerprint density at radius 3 is 1.71 bits per heavy atom. The Morgan fingerprint density at radius 2 is 1.16 bits per heavy atom. The summed E-state index contributed by atoms with van der Waals surface area (Å²) in [6.45, 7) is -4.83. The first-order valence-corrected chi connectivity index (χ1v) is 15.3. The zero-order chi connectivity index (χ0) is 36.6. The van der Waals surface area contributed by atoms with Gasteiger partial charge in [0.1, 0.15) is 25.7 Å². The van der Waals surface area contributed by atoms with E-state index in [-0.39, 0.29) is 6.42 Å². The van der Waals surface area contributed by atoms with Crippen LogP contribution in [0.4, 0.5) is 0 Å². The number of cyclic esters (lactones) is 4. The predicted molar refractivity (Wildman–Crippen MR) is 170 cm³/mol. The van der Waals surface area contributed by atoms with Crippen LogP contribution in [0.2, 0.25) is 0 Å². The second-order valence-electron chi connectivity index (χ2n) is 10.7. The molecule has 1 aromatic carbocycles. The molecule has 1 unspecified atom stereocenters. The van der Waals surface area contributed by atoms with E-state index < -0.39 is 99.6 Å². The van der Waals surface area contributed by atoms with Gasteiger partial charge in [-0.1, -0.05) is 30.3 Å². The van der Waals surface area contributed by atoms with E-state index in [0.717, 1.165) is 16.7 Å². The lowest BCUT2D eigenvalue weighted by molar-refractivity contribution is -0.154. The fraction of sp³-hybridized carbons (Fsp3) is 0.312. The van der Waals surface area contributed by atoms with E-state index in [0.29, 0.717) is 12.1 Å². The number of esters is 4. The molecule has 0 spiro atoms. The van der Waals surface area contributed by atoms with Crippen LogP contribution in [0.5, 0.6) is 0 Å². The van der Waals surface area contributed by atoms with Gasteiger partial charge in [-0.2, -0.15) is 5.10 Å². The second kappa shape index (κ2) is 18.8. The van der Waals surface area contributed by atoms with Gasteiger partial charge in [-0.15, -0.1) is 0 Å². The molecule has 4 amide bonds. The van der Waals surface area contributed by atoms with Gasteiger partial charge >= 0.3 is 23.9 Å². The van der Waals surface area contributed by atoms with E-state index in [1.807, 2.05) is 18.3 Å². The van der Waals surface area contributed by atoms with Crippen molar-refractivity contribution < 1.29 is 57.3 Å². The van der Waals surface area contributed by atoms with E-state index in [9.17, 15) is 38.4 Å². The fourth-order valence-corrected chi connectivity index (χ4v) is 4.26. The number of amides is 4. The molecule has 4 N–H and O–H groups in total. The predicted octanol–water partition coefficient (Wildman–Crippen LogP) is -2.44. The van der Waals surface area contributed by atoms with Crippen LogP contribution >= 0.6 is 0 Å². The third kappa shape index (κ3) is 13.0. The van der Waals surface area contributed by atoms with E-state index in [2.05, 4.69) is 36.1 Å². The molecule has 1 saturated heterocycles. The number of nitrogens with zero attached hydrogens (tertiary/aromatic N) is 3. The maximum absolute atomic E-state index is 13.0. The first-order chi connectivity index (χ1) is 24.5. The van der Waals surface area contributed by atoms with Gasteiger partial charge in [-0.3, -0.25) is 43.2 Å². The molecule has 1 aliphatic heterocycles. The molecule has 19 nitrogen and oxygen atoms in total. The Balaban J connectivity index is 1.38. The molecule has 0 bridgehead atoms. The summed E-state index contributed by atoms with van der Waals surface area (Å²) in [5, 5.41) is 13.2. The minimum atomic E-state index is -1.34. The van der Waals surface area contributed by atoms with Gasteiger partial charge in [-0.05, 0) is 17.2 Å². The molecule has 268 valence electrons. The highest BCUT2D eigenvalue weighted by atomic mass is 16.6. The van der Waals surface area contributed by atoms with Crippen molar-refractivity contribution in [1.82, 2.24) is 36.0 Å². The molecule has 3 aromatic rings. The van der Waals surface area contributed by atoms with Crippen LogP contribution in [0.1, 0.15) is 11.1 Å². The highest BCUT2D eigenvalue weighted by Gasteiger charge is 2.25. The summed E-state index contributed by atoms with van der Waals surface area (Å²) in [7, 11) is 0. The Hall–Kier alpha value is -6.66. The quantitative estimate of drug-likeness (QED) is 0.159. The van der Waals surface area contributed by atoms with Gasteiger partial charge in [0.15, 0.2) is 26.4 Å². The van der Waals surface area contributed by atoms with E-state index in [1.165, 1.54) is 0 Å². The monoisotopic (exact) mass is 707 g/mol. The summed E-state index contributed by atoms with van der Waals surface area (Å²) in [4.78, 5) is 101. The number of nitrogens with one attached hydrogen (secondary N) is 4. The van der Waals surface area contributed by atoms with Crippen LogP contribution in [0.25, 0.3) is 11.1 Å². The first kappa shape index (κ1) is 37.2. The number of carbonyl (C=O) groups is 8. The summed E-state index contributed by atoms with van der Waals surface area (Å²) < 4.78 is 21.0. The van der Waals surface area contributed by atoms with Crippen molar-refractivity contribution in [2.75, 3.05) is 46.1 Å². The number of pyridine rings is 1. The van der Waals surface area contributed by atoms with Gasteiger partial charge in [-0.25, -0.2) is 4.79 Å². The molecule has 0 radical (unpaired) electrons. The maximum Gasteiger partial charge on any atom is 0.329 e. The van der Waals surface area contributed by atoms with Crippen molar-refractivity contribution >= 4 is 47.5 Å². The largest absolute Gasteiger partial charge is 0.454 e. The highest BCUT2D eigenvalue weighted by Crippen LogP contribution is 2.17. The van der Waals surface area contributed by atoms with Crippen molar-refractivity contribution in [3.63, 3.8) is 0 Å². The molecule has 0 saturated carbocycles. The summed E-state index contributed by atoms with van der Waals surface area (Å²) in [5.74, 6) is -7.58. The molecule has 4 rings (SSSR count). The minimum absolute atomic E-state index is 0.0868. The van der Waals surface area contributed by atoms with E-state index in [4.69, 9.17) is 14.2 Å². The van der Waals surface area contributed by atoms with Crippen LogP contribution in [-0.2, 0) is 70.3 Å². The molecule has 1 fully saturated rings. The summed E-state index contributed by atoms with van der Waals surface area (Å²) >= 11 is 0. The van der Waals surface area contributed by atoms with Gasteiger partial charge < -0.3 is 40.2 Å². The molecule has 1 aliphatic rings. The fourth-order valence-electron chi connectivity index (χ4n) is 4.26. The summed E-state index contributed by atoms with van der Waals surface area (Å²) in [6.07, 6.45) is 6.93. The van der Waals surface area contributed by atoms with Crippen LogP contribution in [0.3, 0.4) is 0 Å². The third-order valence-corrected chi connectivity index (χ3v) is 6.78. The van der Waals surface area contributed by atoms with Crippen molar-refractivity contribution in [1.29, 1.82) is 0 Å². The van der Waals surface area contributed by atoms with Crippen molar-refractivity contribution in [3.8, 4) is 11.1 Å². The number of ether oxygens (including phenoxy) is 4. The van der Waals surface area contributed by atoms with E-state index in [1.54, 1.807) is 47.5 Å². The standard InChI is InChI=1S/C32H33N7O12/c40-25-16-49-30(45)12-36-27(42)18-51-32(47)24(38-28(43)19-50-31(46)13-35-26(41)17-48-29(44)11-34-25)8-20-3-5-21(6-4-20)14-39-15-23(10-37-39)22-2-1-7-33-9-22/h1-7,9-10,15,24H,8,11-14,16-19H2,(H,34,40)(H,35,41)(H,36,42)(H,38,43). The molecule has 19 heteroatoms. The van der Waals surface area contributed by atoms with E-state index >= 15 is 0 Å². The first-order valence-electron chi connectivity index (χ1n) is 15.3. The highest BCUT2D eigenvalue weighted by molar-refractivity contribution is 5.90. The normalized spacial score (nSPS) is 18.0. The molecular weight excluding hydrogens is 674 g/mol. The van der Waals surface area contributed by atoms with Gasteiger partial charge in [0, 0.05) is 36.1 Å². The minimum Gasteiger partial charge on any atom is -0.454 e. The van der Waals surface area contributed by atoms with Gasteiger partial charge in [0.05, 0.1) is 12.7 Å². The van der Waals surface area contributed by atoms with Crippen LogP contribution < -0.4 is 21.3 Å². The van der Waals surface area contributed by atoms with Gasteiger partial charge in [0.25, 0.3) is 23.6 Å². The topological polar surface area (TPSA) is 252 Å². The number of hydrogen-bond acceptors (Lipinski definition) is 14. The zero-order valence-corrected chi connectivity index (χ0v) is 27.0. The molecule has 51 heavy (non-hydrogen) atoms. The SMILES string of the molecule is O=C1COC(=O)CNC(=O)COC(=O)C(Cc2ccc(Cn3cc(-c4cccnc4)cn3)cc2)NC(=O)COC(=O)CNC(=O)COC(=O)CN1. The molecule has 3 heterocycles. The molecule has 2 aromatic heterocycles. The number of benzene rings is 1. The maximum atomic E-state index is 13.0. The second-order valence-corrected chi connectivity index (χ2v) is 10.7. The smallest absolute Gasteiger partial charge is 0.329 e. The number of rotatable bonds is 5. The number of aromatic nitrogens is 3. The van der Waals surface area contributed by atoms with Crippen LogP contribution in [0, 0.1) is 0 Å². The lowest BCUT2D eigenvalue weighted by Crippen LogP contribution is -2.46. The molecule has 0 aliphatic carbocycles. The summed E-state index contributed by atoms with van der Waals surface area (Å²) in [5.41, 5.74) is 3.30. The lowest BCUT2D eigenvalue weighted by Gasteiger charge is -2.18. The summed E-state index contributed by atoms with van der Waals surface area (Å²) in [6, 6.07) is 9.48. The Labute approximate surface area is 289 Å². The van der Waals surface area contributed by atoms with Gasteiger partial charge in [0.2, 0.25) is 0 Å². The lowest BCUT2D eigenvalue weighted by atomic mass is 10.0. The molecular formula is C32H33N7O12. The van der Waals surface area contributed by atoms with Crippen molar-refractivity contribution in [3.05, 3.63) is 72.3 Å². The van der Waals surface area contributed by atoms with Crippen molar-refractivity contribution in [2.45, 2.75) is 19.0 Å². The Bertz CT molecular complexity index is 1740. The average molecular weight is 708 g/mol. The van der Waals surface area contributed by atoms with Crippen molar-refractivity contribution in [2.24, 2.45) is 0 Å². The zero-order valence-electron chi connectivity index (χ0n) is 27.0. The Kier molecular flexibility index (Phi) is 13.7. The number of carbonyl (C=O) groups excluding carboxylic acids is 8. The molecule has 1 atom stereocenters. The van der Waals surface area contributed by atoms with Crippen LogP contribution in [-0.4, -0.2) is 114 Å². The third-order valence-electron chi connectivity index (χ3n) is 6.78. The average Bonchev–Trinajstić information content (AvgIpc) is 3.60. The Morgan fingerprint density at radius 1 is 0.627 bits per heavy atom. The number of hydrogen-bond donors (Lipinski definition) is 4. The van der Waals surface area contributed by atoms with Crippen LogP contribution in [0.15, 0.2) is 61.2 Å².